The zero-order valence-corrected chi connectivity index (χ0v) is 28.8. The first-order valence-electron chi connectivity index (χ1n) is 16.7. The highest BCUT2D eigenvalue weighted by Gasteiger charge is 2.44. The summed E-state index contributed by atoms with van der Waals surface area (Å²) in [5, 5.41) is 4.88. The number of aromatic nitrogens is 3. The summed E-state index contributed by atoms with van der Waals surface area (Å²) in [7, 11) is -1.04. The molecule has 4 aliphatic rings. The third-order valence-electron chi connectivity index (χ3n) is 10.7. The molecular weight excluding hydrogens is 634 g/mol. The molecular formula is C36H44ClN5O4S. The number of rotatable bonds is 3. The van der Waals surface area contributed by atoms with Gasteiger partial charge in [-0.2, -0.15) is 5.10 Å². The molecule has 2 aromatic carbocycles. The minimum absolute atomic E-state index is 0.106. The van der Waals surface area contributed by atoms with Crippen LogP contribution in [0.4, 0.5) is 5.69 Å². The standard InChI is InChI=1S/C36H44ClN5O4S/c1-24-7-4-5-9-32(45-20-34-38-23-41(2)39-34)29-13-10-27(29)19-42-21-36(16-6-8-25-17-28(37)12-14-30(25)36)22-46-33-15-11-26(18-31(33)42)35(43)40-47(24,3)44/h5,9,11-12,14-15,17-18,23-24,27,29,32H,3-4,6-8,10,13,16,19-22H2,1-2H3,(H,40,43,44)/b9-5+/t24-,27+,29-,32+,36+,47?/m1/s1. The van der Waals surface area contributed by atoms with E-state index >= 15 is 0 Å². The van der Waals surface area contributed by atoms with Crippen LogP contribution < -0.4 is 14.4 Å². The van der Waals surface area contributed by atoms with Crippen LogP contribution in [0.2, 0.25) is 5.02 Å². The molecule has 3 aromatic rings. The zero-order chi connectivity index (χ0) is 32.8. The minimum Gasteiger partial charge on any atom is -0.490 e. The molecule has 1 unspecified atom stereocenters. The van der Waals surface area contributed by atoms with Gasteiger partial charge in [-0.3, -0.25) is 14.2 Å². The third kappa shape index (κ3) is 6.56. The van der Waals surface area contributed by atoms with Gasteiger partial charge in [0.25, 0.3) is 5.91 Å². The SMILES string of the molecule is C=S1(=O)NC(=O)c2ccc3c(c2)N(C[C@@H]2CC[C@H]2[C@@H](OCc2ncn(C)n2)/C=C/CC[C@H]1C)C[C@@]1(CCCc2cc(Cl)ccc21)CO3. The maximum Gasteiger partial charge on any atom is 0.262 e. The number of anilines is 1. The molecule has 1 saturated carbocycles. The molecule has 2 aliphatic carbocycles. The second-order valence-corrected chi connectivity index (χ2v) is 16.8. The quantitative estimate of drug-likeness (QED) is 0.283. The lowest BCUT2D eigenvalue weighted by Gasteiger charge is -2.46. The van der Waals surface area contributed by atoms with Gasteiger partial charge in [-0.25, -0.2) is 9.19 Å². The number of benzene rings is 2. The number of aryl methyl sites for hydroxylation is 2. The van der Waals surface area contributed by atoms with Crippen LogP contribution in [0.15, 0.2) is 54.9 Å². The topological polar surface area (TPSA) is 98.6 Å². The van der Waals surface area contributed by atoms with Crippen LogP contribution in [0, 0.1) is 11.8 Å². The zero-order valence-electron chi connectivity index (χ0n) is 27.2. The molecule has 0 saturated heterocycles. The number of hydrogen-bond acceptors (Lipinski definition) is 7. The number of fused-ring (bicyclic) bond motifs is 4. The second-order valence-electron chi connectivity index (χ2n) is 13.9. The smallest absolute Gasteiger partial charge is 0.262 e. The first kappa shape index (κ1) is 32.2. The van der Waals surface area contributed by atoms with E-state index in [2.05, 4.69) is 49.9 Å². The van der Waals surface area contributed by atoms with Gasteiger partial charge >= 0.3 is 0 Å². The Morgan fingerprint density at radius 3 is 2.87 bits per heavy atom. The van der Waals surface area contributed by atoms with Crippen LogP contribution in [0.1, 0.15) is 72.8 Å². The van der Waals surface area contributed by atoms with Gasteiger partial charge in [0.15, 0.2) is 5.82 Å². The van der Waals surface area contributed by atoms with Crippen LogP contribution in [0.5, 0.6) is 5.75 Å². The van der Waals surface area contributed by atoms with Crippen LogP contribution in [-0.4, -0.2) is 61.8 Å². The van der Waals surface area contributed by atoms with Crippen molar-refractivity contribution < 1.29 is 18.5 Å². The molecule has 2 bridgehead atoms. The Bertz CT molecular complexity index is 1790. The van der Waals surface area contributed by atoms with E-state index in [1.54, 1.807) is 17.1 Å². The normalized spacial score (nSPS) is 31.5. The number of amides is 1. The predicted octanol–water partition coefficient (Wildman–Crippen LogP) is 5.65. The monoisotopic (exact) mass is 677 g/mol. The Morgan fingerprint density at radius 2 is 2.09 bits per heavy atom. The fraction of sp³-hybridized carbons (Fsp3) is 0.500. The number of allylic oxidation sites excluding steroid dienone is 1. The summed E-state index contributed by atoms with van der Waals surface area (Å²) < 4.78 is 31.3. The van der Waals surface area contributed by atoms with E-state index in [-0.39, 0.29) is 22.7 Å². The fourth-order valence-electron chi connectivity index (χ4n) is 7.80. The van der Waals surface area contributed by atoms with Gasteiger partial charge in [0.05, 0.1) is 28.1 Å². The van der Waals surface area contributed by atoms with Crippen molar-refractivity contribution in [2.75, 3.05) is 24.6 Å². The summed E-state index contributed by atoms with van der Waals surface area (Å²) in [4.78, 5) is 20.4. The Balaban J connectivity index is 1.26. The summed E-state index contributed by atoms with van der Waals surface area (Å²) in [5.74, 6) is 5.69. The summed E-state index contributed by atoms with van der Waals surface area (Å²) in [6.07, 6.45) is 12.4. The average molecular weight is 678 g/mol. The molecule has 1 amide bonds. The highest BCUT2D eigenvalue weighted by molar-refractivity contribution is 7.99. The van der Waals surface area contributed by atoms with Crippen molar-refractivity contribution in [2.45, 2.75) is 75.2 Å². The lowest BCUT2D eigenvalue weighted by Crippen LogP contribution is -2.49. The van der Waals surface area contributed by atoms with E-state index in [1.807, 2.05) is 32.2 Å². The van der Waals surface area contributed by atoms with Crippen LogP contribution in [-0.2, 0) is 39.9 Å². The number of carbonyl (C=O) groups is 1. The van der Waals surface area contributed by atoms with Crippen molar-refractivity contribution in [2.24, 2.45) is 18.9 Å². The molecule has 0 radical (unpaired) electrons. The molecule has 1 aromatic heterocycles. The molecule has 3 heterocycles. The Labute approximate surface area is 282 Å². The van der Waals surface area contributed by atoms with Crippen molar-refractivity contribution in [1.29, 1.82) is 0 Å². The maximum absolute atomic E-state index is 13.6. The Hall–Kier alpha value is -3.34. The van der Waals surface area contributed by atoms with Gasteiger partial charge in [0.2, 0.25) is 0 Å². The molecule has 47 heavy (non-hydrogen) atoms. The molecule has 1 N–H and O–H groups in total. The molecule has 9 nitrogen and oxygen atoms in total. The molecule has 1 fully saturated rings. The molecule has 7 rings (SSSR count). The summed E-state index contributed by atoms with van der Waals surface area (Å²) >= 11 is 6.46. The number of hydrogen-bond donors (Lipinski definition) is 1. The minimum atomic E-state index is -2.89. The van der Waals surface area contributed by atoms with E-state index < -0.39 is 9.71 Å². The van der Waals surface area contributed by atoms with Crippen molar-refractivity contribution in [3.05, 3.63) is 82.4 Å². The first-order valence-corrected chi connectivity index (χ1v) is 18.9. The lowest BCUT2D eigenvalue weighted by atomic mass is 9.68. The van der Waals surface area contributed by atoms with Gasteiger partial charge in [-0.1, -0.05) is 29.8 Å². The van der Waals surface area contributed by atoms with Gasteiger partial charge in [-0.05, 0) is 111 Å². The molecule has 2 aliphatic heterocycles. The largest absolute Gasteiger partial charge is 0.490 e. The molecule has 1 spiro atoms. The third-order valence-corrected chi connectivity index (χ3v) is 13.0. The highest BCUT2D eigenvalue weighted by Crippen LogP contribution is 2.47. The summed E-state index contributed by atoms with van der Waals surface area (Å²) in [6, 6.07) is 11.9. The van der Waals surface area contributed by atoms with Gasteiger partial charge < -0.3 is 14.4 Å². The first-order chi connectivity index (χ1) is 22.6. The van der Waals surface area contributed by atoms with Crippen molar-refractivity contribution >= 4 is 38.8 Å². The van der Waals surface area contributed by atoms with E-state index in [9.17, 15) is 9.00 Å². The number of halogens is 1. The Kier molecular flexibility index (Phi) is 8.87. The van der Waals surface area contributed by atoms with Crippen molar-refractivity contribution in [3.8, 4) is 5.75 Å². The number of carbonyl (C=O) groups excluding carboxylic acids is 1. The number of nitrogens with zero attached hydrogens (tertiary/aromatic N) is 4. The van der Waals surface area contributed by atoms with Gasteiger partial charge in [0.1, 0.15) is 18.7 Å². The average Bonchev–Trinajstić information content (AvgIpc) is 3.39. The molecule has 11 heteroatoms. The van der Waals surface area contributed by atoms with Gasteiger partial charge in [-0.15, -0.1) is 0 Å². The van der Waals surface area contributed by atoms with Crippen LogP contribution in [0.25, 0.3) is 0 Å². The van der Waals surface area contributed by atoms with Crippen LogP contribution >= 0.6 is 11.6 Å². The van der Waals surface area contributed by atoms with Crippen LogP contribution in [0.3, 0.4) is 0 Å². The van der Waals surface area contributed by atoms with E-state index in [1.165, 1.54) is 11.1 Å². The van der Waals surface area contributed by atoms with E-state index in [0.717, 1.165) is 61.7 Å². The van der Waals surface area contributed by atoms with E-state index in [0.29, 0.717) is 49.3 Å². The fourth-order valence-corrected chi connectivity index (χ4v) is 9.15. The van der Waals surface area contributed by atoms with Gasteiger partial charge in [0, 0.05) is 41.4 Å². The summed E-state index contributed by atoms with van der Waals surface area (Å²) in [6.45, 7) is 4.32. The highest BCUT2D eigenvalue weighted by atomic mass is 35.5. The Morgan fingerprint density at radius 1 is 1.21 bits per heavy atom. The second kappa shape index (κ2) is 12.9. The predicted molar refractivity (Wildman–Crippen MR) is 187 cm³/mol. The van der Waals surface area contributed by atoms with E-state index in [4.69, 9.17) is 21.1 Å². The lowest BCUT2D eigenvalue weighted by molar-refractivity contribution is -0.0248. The van der Waals surface area contributed by atoms with Crippen molar-refractivity contribution in [1.82, 2.24) is 19.5 Å². The number of ether oxygens (including phenoxy) is 2. The van der Waals surface area contributed by atoms with Crippen molar-refractivity contribution in [3.63, 3.8) is 0 Å². The number of nitrogens with one attached hydrogen (secondary N) is 1. The summed E-state index contributed by atoms with van der Waals surface area (Å²) in [5.41, 5.74) is 3.71. The molecule has 6 atom stereocenters. The molecule has 250 valence electrons. The maximum atomic E-state index is 13.6.